The summed E-state index contributed by atoms with van der Waals surface area (Å²) in [7, 11) is 1.82. The molecule has 0 saturated heterocycles. The lowest BCUT2D eigenvalue weighted by Crippen LogP contribution is -2.23. The molecule has 0 fully saturated rings. The molecule has 98 valence electrons. The summed E-state index contributed by atoms with van der Waals surface area (Å²) < 4.78 is 13.6. The van der Waals surface area contributed by atoms with E-state index in [-0.39, 0.29) is 11.7 Å². The molecule has 1 aromatic heterocycles. The zero-order chi connectivity index (χ0) is 13.8. The van der Waals surface area contributed by atoms with Crippen LogP contribution in [0.2, 0.25) is 0 Å². The van der Waals surface area contributed by atoms with E-state index in [0.29, 0.717) is 23.5 Å². The van der Waals surface area contributed by atoms with Gasteiger partial charge >= 0.3 is 0 Å². The van der Waals surface area contributed by atoms with Crippen molar-refractivity contribution in [3.05, 3.63) is 59.7 Å². The molecule has 0 aliphatic carbocycles. The number of aromatic nitrogens is 1. The van der Waals surface area contributed by atoms with Crippen LogP contribution in [0.15, 0.2) is 42.6 Å². The van der Waals surface area contributed by atoms with Crippen molar-refractivity contribution in [2.24, 2.45) is 5.73 Å². The molecule has 0 unspecified atom stereocenters. The van der Waals surface area contributed by atoms with Crippen molar-refractivity contribution in [1.82, 2.24) is 4.98 Å². The van der Waals surface area contributed by atoms with Crippen molar-refractivity contribution in [2.45, 2.75) is 6.54 Å². The first-order chi connectivity index (χ1) is 9.09. The third kappa shape index (κ3) is 2.88. The van der Waals surface area contributed by atoms with E-state index < -0.39 is 0 Å². The highest BCUT2D eigenvalue weighted by molar-refractivity contribution is 5.98. The van der Waals surface area contributed by atoms with Crippen LogP contribution in [-0.2, 0) is 6.54 Å². The molecule has 0 atom stereocenters. The lowest BCUT2D eigenvalue weighted by atomic mass is 10.2. The second-order valence-electron chi connectivity index (χ2n) is 4.23. The fourth-order valence-electron chi connectivity index (χ4n) is 1.88. The molecule has 0 amide bonds. The van der Waals surface area contributed by atoms with Crippen LogP contribution >= 0.6 is 0 Å². The zero-order valence-electron chi connectivity index (χ0n) is 10.6. The van der Waals surface area contributed by atoms with Gasteiger partial charge in [-0.15, -0.1) is 0 Å². The molecule has 2 aromatic rings. The van der Waals surface area contributed by atoms with Gasteiger partial charge in [-0.1, -0.05) is 18.2 Å². The molecular weight excluding hydrogens is 243 g/mol. The molecule has 0 bridgehead atoms. The molecule has 5 heteroatoms. The van der Waals surface area contributed by atoms with Crippen LogP contribution < -0.4 is 10.6 Å². The van der Waals surface area contributed by atoms with Crippen molar-refractivity contribution in [2.75, 3.05) is 11.9 Å². The normalized spacial score (nSPS) is 10.2. The molecule has 2 rings (SSSR count). The quantitative estimate of drug-likeness (QED) is 0.652. The van der Waals surface area contributed by atoms with E-state index in [4.69, 9.17) is 11.1 Å². The van der Waals surface area contributed by atoms with E-state index >= 15 is 0 Å². The largest absolute Gasteiger partial charge is 0.382 e. The van der Waals surface area contributed by atoms with Crippen LogP contribution in [0.4, 0.5) is 10.1 Å². The minimum Gasteiger partial charge on any atom is -0.382 e. The van der Waals surface area contributed by atoms with Gasteiger partial charge in [0.2, 0.25) is 0 Å². The number of rotatable bonds is 4. The summed E-state index contributed by atoms with van der Waals surface area (Å²) >= 11 is 0. The highest BCUT2D eigenvalue weighted by atomic mass is 19.1. The lowest BCUT2D eigenvalue weighted by molar-refractivity contribution is 0.608. The van der Waals surface area contributed by atoms with E-state index in [2.05, 4.69) is 4.98 Å². The number of nitrogens with two attached hydrogens (primary N) is 1. The van der Waals surface area contributed by atoms with Crippen LogP contribution in [-0.4, -0.2) is 17.9 Å². The smallest absolute Gasteiger partial charge is 0.143 e. The Morgan fingerprint density at radius 3 is 2.74 bits per heavy atom. The van der Waals surface area contributed by atoms with Crippen LogP contribution in [0.5, 0.6) is 0 Å². The van der Waals surface area contributed by atoms with E-state index in [1.165, 1.54) is 6.07 Å². The lowest BCUT2D eigenvalue weighted by Gasteiger charge is -2.21. The average Bonchev–Trinajstić information content (AvgIpc) is 2.41. The van der Waals surface area contributed by atoms with Gasteiger partial charge < -0.3 is 10.6 Å². The standard InChI is InChI=1S/C14H15FN4/c1-19(9-10-5-2-3-6-11(10)15)12-7-4-8-18-13(12)14(16)17/h2-8H,9H2,1H3,(H3,16,17). The molecule has 1 aromatic carbocycles. The van der Waals surface area contributed by atoms with Gasteiger partial charge in [-0.05, 0) is 18.2 Å². The molecular formula is C14H15FN4. The average molecular weight is 258 g/mol. The Balaban J connectivity index is 2.28. The first-order valence-electron chi connectivity index (χ1n) is 5.83. The van der Waals surface area contributed by atoms with Crippen molar-refractivity contribution < 1.29 is 4.39 Å². The van der Waals surface area contributed by atoms with Gasteiger partial charge in [0.1, 0.15) is 17.3 Å². The molecule has 0 saturated carbocycles. The molecule has 0 aliphatic heterocycles. The number of pyridine rings is 1. The maximum absolute atomic E-state index is 13.6. The highest BCUT2D eigenvalue weighted by Gasteiger charge is 2.12. The number of nitrogens with zero attached hydrogens (tertiary/aromatic N) is 2. The van der Waals surface area contributed by atoms with Crippen molar-refractivity contribution >= 4 is 11.5 Å². The molecule has 3 N–H and O–H groups in total. The summed E-state index contributed by atoms with van der Waals surface area (Å²) in [6.07, 6.45) is 1.58. The maximum atomic E-state index is 13.6. The predicted octanol–water partition coefficient (Wildman–Crippen LogP) is 2.14. The van der Waals surface area contributed by atoms with Gasteiger partial charge in [0.25, 0.3) is 0 Å². The fraction of sp³-hybridized carbons (Fsp3) is 0.143. The topological polar surface area (TPSA) is 66.0 Å². The zero-order valence-corrected chi connectivity index (χ0v) is 10.6. The van der Waals surface area contributed by atoms with Gasteiger partial charge in [0.15, 0.2) is 0 Å². The number of benzene rings is 1. The van der Waals surface area contributed by atoms with Crippen LogP contribution in [0.1, 0.15) is 11.3 Å². The molecule has 1 heterocycles. The van der Waals surface area contributed by atoms with E-state index in [1.807, 2.05) is 18.0 Å². The third-order valence-electron chi connectivity index (χ3n) is 2.82. The summed E-state index contributed by atoms with van der Waals surface area (Å²) in [6.45, 7) is 0.388. The number of nitrogens with one attached hydrogen (secondary N) is 1. The maximum Gasteiger partial charge on any atom is 0.143 e. The fourth-order valence-corrected chi connectivity index (χ4v) is 1.88. The van der Waals surface area contributed by atoms with Gasteiger partial charge in [-0.3, -0.25) is 10.4 Å². The minimum absolute atomic E-state index is 0.101. The Hall–Kier alpha value is -2.43. The highest BCUT2D eigenvalue weighted by Crippen LogP contribution is 2.19. The van der Waals surface area contributed by atoms with Gasteiger partial charge in [-0.25, -0.2) is 4.39 Å². The van der Waals surface area contributed by atoms with Crippen LogP contribution in [0.3, 0.4) is 0 Å². The number of halogens is 1. The summed E-state index contributed by atoms with van der Waals surface area (Å²) in [5, 5.41) is 7.51. The third-order valence-corrected chi connectivity index (χ3v) is 2.82. The summed E-state index contributed by atoms with van der Waals surface area (Å²) in [5.41, 5.74) is 7.19. The van der Waals surface area contributed by atoms with Crippen LogP contribution in [0, 0.1) is 11.2 Å². The number of nitrogen functional groups attached to an aromatic ring is 1. The molecule has 4 nitrogen and oxygen atoms in total. The molecule has 0 radical (unpaired) electrons. The Kier molecular flexibility index (Phi) is 3.75. The van der Waals surface area contributed by atoms with Crippen molar-refractivity contribution in [3.8, 4) is 0 Å². The van der Waals surface area contributed by atoms with Crippen molar-refractivity contribution in [3.63, 3.8) is 0 Å². The molecule has 0 spiro atoms. The number of hydrogen-bond donors (Lipinski definition) is 2. The second kappa shape index (κ2) is 5.48. The predicted molar refractivity (Wildman–Crippen MR) is 73.8 cm³/mol. The van der Waals surface area contributed by atoms with Gasteiger partial charge in [0, 0.05) is 25.4 Å². The first-order valence-corrected chi connectivity index (χ1v) is 5.83. The van der Waals surface area contributed by atoms with Crippen molar-refractivity contribution in [1.29, 1.82) is 5.41 Å². The van der Waals surface area contributed by atoms with Crippen LogP contribution in [0.25, 0.3) is 0 Å². The van der Waals surface area contributed by atoms with Gasteiger partial charge in [0.05, 0.1) is 5.69 Å². The van der Waals surface area contributed by atoms with E-state index in [0.717, 1.165) is 0 Å². The Labute approximate surface area is 111 Å². The Morgan fingerprint density at radius 2 is 2.05 bits per heavy atom. The minimum atomic E-state index is -0.248. The SMILES string of the molecule is CN(Cc1ccccc1F)c1cccnc1C(=N)N. The molecule has 19 heavy (non-hydrogen) atoms. The number of anilines is 1. The Morgan fingerprint density at radius 1 is 1.32 bits per heavy atom. The van der Waals surface area contributed by atoms with E-state index in [9.17, 15) is 4.39 Å². The summed E-state index contributed by atoms with van der Waals surface area (Å²) in [4.78, 5) is 5.90. The number of hydrogen-bond acceptors (Lipinski definition) is 3. The summed E-state index contributed by atoms with van der Waals surface area (Å²) in [6, 6.07) is 10.2. The second-order valence-corrected chi connectivity index (χ2v) is 4.23. The van der Waals surface area contributed by atoms with Gasteiger partial charge in [-0.2, -0.15) is 0 Å². The first kappa shape index (κ1) is 13.0. The molecule has 0 aliphatic rings. The number of amidine groups is 1. The monoisotopic (exact) mass is 258 g/mol. The van der Waals surface area contributed by atoms with E-state index in [1.54, 1.807) is 30.5 Å². The Bertz CT molecular complexity index is 598. The summed E-state index contributed by atoms with van der Waals surface area (Å²) in [5.74, 6) is -0.349.